The molecule has 0 unspecified atom stereocenters. The van der Waals surface area contributed by atoms with Crippen molar-refractivity contribution in [3.05, 3.63) is 59.7 Å². The fraction of sp³-hybridized carbons (Fsp3) is 0.133. The molecule has 0 atom stereocenters. The molecule has 0 heterocycles. The predicted octanol–water partition coefficient (Wildman–Crippen LogP) is 2.24. The summed E-state index contributed by atoms with van der Waals surface area (Å²) in [6.45, 7) is -0.282. The highest BCUT2D eigenvalue weighted by Gasteiger charge is 2.07. The van der Waals surface area contributed by atoms with Gasteiger partial charge >= 0.3 is 0 Å². The van der Waals surface area contributed by atoms with Crippen LogP contribution in [0.4, 0.5) is 14.5 Å². The van der Waals surface area contributed by atoms with Crippen LogP contribution < -0.4 is 15.8 Å². The zero-order valence-electron chi connectivity index (χ0n) is 11.1. The summed E-state index contributed by atoms with van der Waals surface area (Å²) in [7, 11) is 0. The Labute approximate surface area is 120 Å². The van der Waals surface area contributed by atoms with E-state index in [0.717, 1.165) is 12.1 Å². The van der Waals surface area contributed by atoms with Gasteiger partial charge in [0.15, 0.2) is 6.61 Å². The molecule has 0 bridgehead atoms. The zero-order chi connectivity index (χ0) is 15.2. The number of ether oxygens (including phenoxy) is 1. The van der Waals surface area contributed by atoms with E-state index in [2.05, 4.69) is 5.32 Å². The van der Waals surface area contributed by atoms with Crippen molar-refractivity contribution in [2.45, 2.75) is 6.54 Å². The summed E-state index contributed by atoms with van der Waals surface area (Å²) in [5, 5.41) is 2.48. The van der Waals surface area contributed by atoms with Gasteiger partial charge in [0.1, 0.15) is 17.4 Å². The van der Waals surface area contributed by atoms with Gasteiger partial charge in [-0.15, -0.1) is 0 Å². The number of nitrogens with one attached hydrogen (secondary N) is 1. The number of hydrogen-bond acceptors (Lipinski definition) is 3. The van der Waals surface area contributed by atoms with Crippen LogP contribution in [0.5, 0.6) is 5.75 Å². The van der Waals surface area contributed by atoms with Gasteiger partial charge in [-0.3, -0.25) is 4.79 Å². The highest BCUT2D eigenvalue weighted by atomic mass is 19.1. The number of hydrogen-bond donors (Lipinski definition) is 2. The number of halogens is 2. The predicted molar refractivity (Wildman–Crippen MR) is 74.6 cm³/mol. The van der Waals surface area contributed by atoms with Gasteiger partial charge < -0.3 is 15.8 Å². The first kappa shape index (κ1) is 14.8. The minimum absolute atomic E-state index is 0.0431. The SMILES string of the molecule is Nc1ccccc1OCC(=O)NCc1ccc(F)cc1F. The van der Waals surface area contributed by atoms with Gasteiger partial charge in [-0.05, 0) is 18.2 Å². The second-order valence-corrected chi connectivity index (χ2v) is 4.34. The summed E-state index contributed by atoms with van der Waals surface area (Å²) in [6.07, 6.45) is 0. The molecule has 0 spiro atoms. The van der Waals surface area contributed by atoms with Crippen molar-refractivity contribution in [1.29, 1.82) is 0 Å². The van der Waals surface area contributed by atoms with E-state index >= 15 is 0 Å². The molecule has 0 radical (unpaired) electrons. The molecule has 21 heavy (non-hydrogen) atoms. The molecule has 0 fully saturated rings. The quantitative estimate of drug-likeness (QED) is 0.831. The Morgan fingerprint density at radius 1 is 1.19 bits per heavy atom. The van der Waals surface area contributed by atoms with E-state index < -0.39 is 17.5 Å². The lowest BCUT2D eigenvalue weighted by Crippen LogP contribution is -2.28. The molecule has 0 aliphatic rings. The van der Waals surface area contributed by atoms with E-state index in [9.17, 15) is 13.6 Å². The maximum atomic E-state index is 13.4. The van der Waals surface area contributed by atoms with Crippen LogP contribution in [0.25, 0.3) is 0 Å². The summed E-state index contributed by atoms with van der Waals surface area (Å²) in [4.78, 5) is 11.6. The number of carbonyl (C=O) groups is 1. The number of benzene rings is 2. The van der Waals surface area contributed by atoms with Crippen LogP contribution >= 0.6 is 0 Å². The van der Waals surface area contributed by atoms with E-state index in [1.165, 1.54) is 6.07 Å². The molecule has 2 aromatic carbocycles. The molecular formula is C15H14F2N2O2. The van der Waals surface area contributed by atoms with Crippen LogP contribution in [0.1, 0.15) is 5.56 Å². The molecule has 1 amide bonds. The van der Waals surface area contributed by atoms with Crippen LogP contribution in [0, 0.1) is 11.6 Å². The molecule has 4 nitrogen and oxygen atoms in total. The molecule has 110 valence electrons. The lowest BCUT2D eigenvalue weighted by Gasteiger charge is -2.09. The Balaban J connectivity index is 1.84. The first-order valence-electron chi connectivity index (χ1n) is 6.24. The van der Waals surface area contributed by atoms with Gasteiger partial charge in [0.2, 0.25) is 0 Å². The Morgan fingerprint density at radius 3 is 2.67 bits per heavy atom. The number of rotatable bonds is 5. The Hall–Kier alpha value is -2.63. The summed E-state index contributed by atoms with van der Waals surface area (Å²) in [5.41, 5.74) is 6.29. The monoisotopic (exact) mass is 292 g/mol. The van der Waals surface area contributed by atoms with Crippen molar-refractivity contribution in [2.24, 2.45) is 0 Å². The Morgan fingerprint density at radius 2 is 1.95 bits per heavy atom. The maximum Gasteiger partial charge on any atom is 0.258 e. The maximum absolute atomic E-state index is 13.4. The largest absolute Gasteiger partial charge is 0.482 e. The van der Waals surface area contributed by atoms with Gasteiger partial charge in [0.05, 0.1) is 5.69 Å². The van der Waals surface area contributed by atoms with Crippen molar-refractivity contribution >= 4 is 11.6 Å². The van der Waals surface area contributed by atoms with Crippen LogP contribution in [-0.2, 0) is 11.3 Å². The van der Waals surface area contributed by atoms with Crippen LogP contribution in [0.15, 0.2) is 42.5 Å². The molecule has 0 saturated carbocycles. The van der Waals surface area contributed by atoms with E-state index in [4.69, 9.17) is 10.5 Å². The molecule has 6 heteroatoms. The number of anilines is 1. The second-order valence-electron chi connectivity index (χ2n) is 4.34. The molecular weight excluding hydrogens is 278 g/mol. The minimum atomic E-state index is -0.705. The van der Waals surface area contributed by atoms with Gasteiger partial charge in [0, 0.05) is 18.2 Å². The smallest absolute Gasteiger partial charge is 0.258 e. The third-order valence-corrected chi connectivity index (χ3v) is 2.77. The molecule has 0 aliphatic heterocycles. The van der Waals surface area contributed by atoms with Crippen molar-refractivity contribution in [3.8, 4) is 5.75 Å². The van der Waals surface area contributed by atoms with Gasteiger partial charge in [-0.2, -0.15) is 0 Å². The number of nitrogens with two attached hydrogens (primary N) is 1. The highest BCUT2D eigenvalue weighted by molar-refractivity contribution is 5.77. The van der Waals surface area contributed by atoms with E-state index in [1.54, 1.807) is 24.3 Å². The van der Waals surface area contributed by atoms with Crippen LogP contribution in [-0.4, -0.2) is 12.5 Å². The van der Waals surface area contributed by atoms with Crippen molar-refractivity contribution in [3.63, 3.8) is 0 Å². The van der Waals surface area contributed by atoms with Crippen LogP contribution in [0.2, 0.25) is 0 Å². The molecule has 2 rings (SSSR count). The van der Waals surface area contributed by atoms with E-state index in [1.807, 2.05) is 0 Å². The molecule has 2 aromatic rings. The fourth-order valence-electron chi connectivity index (χ4n) is 1.67. The first-order valence-corrected chi connectivity index (χ1v) is 6.24. The molecule has 0 aliphatic carbocycles. The van der Waals surface area contributed by atoms with E-state index in [-0.39, 0.29) is 18.7 Å². The van der Waals surface area contributed by atoms with Crippen molar-refractivity contribution < 1.29 is 18.3 Å². The summed E-state index contributed by atoms with van der Waals surface area (Å²) < 4.78 is 31.3. The van der Waals surface area contributed by atoms with Crippen molar-refractivity contribution in [2.75, 3.05) is 12.3 Å². The van der Waals surface area contributed by atoms with Gasteiger partial charge in [-0.1, -0.05) is 18.2 Å². The lowest BCUT2D eigenvalue weighted by atomic mass is 10.2. The van der Waals surface area contributed by atoms with Gasteiger partial charge in [0.25, 0.3) is 5.91 Å². The summed E-state index contributed by atoms with van der Waals surface area (Å²) in [6, 6.07) is 9.95. The van der Waals surface area contributed by atoms with E-state index in [0.29, 0.717) is 11.4 Å². The number of carbonyl (C=O) groups excluding carboxylic acids is 1. The highest BCUT2D eigenvalue weighted by Crippen LogP contribution is 2.19. The fourth-order valence-corrected chi connectivity index (χ4v) is 1.67. The second kappa shape index (κ2) is 6.69. The standard InChI is InChI=1S/C15H14F2N2O2/c16-11-6-5-10(12(17)7-11)8-19-15(20)9-21-14-4-2-1-3-13(14)18/h1-7H,8-9,18H2,(H,19,20). The average Bonchev–Trinajstić information content (AvgIpc) is 2.45. The summed E-state index contributed by atoms with van der Waals surface area (Å²) in [5.74, 6) is -1.39. The topological polar surface area (TPSA) is 64.3 Å². The number of para-hydroxylation sites is 2. The number of amides is 1. The third-order valence-electron chi connectivity index (χ3n) is 2.77. The van der Waals surface area contributed by atoms with Crippen LogP contribution in [0.3, 0.4) is 0 Å². The molecule has 3 N–H and O–H groups in total. The Kier molecular flexibility index (Phi) is 4.71. The Bertz CT molecular complexity index is 647. The third kappa shape index (κ3) is 4.17. The normalized spacial score (nSPS) is 10.2. The molecule has 0 aromatic heterocycles. The van der Waals surface area contributed by atoms with Crippen molar-refractivity contribution in [1.82, 2.24) is 5.32 Å². The van der Waals surface area contributed by atoms with Gasteiger partial charge in [-0.25, -0.2) is 8.78 Å². The minimum Gasteiger partial charge on any atom is -0.482 e. The average molecular weight is 292 g/mol. The lowest BCUT2D eigenvalue weighted by molar-refractivity contribution is -0.123. The summed E-state index contributed by atoms with van der Waals surface area (Å²) >= 11 is 0. The first-order chi connectivity index (χ1) is 10.1. The number of nitrogen functional groups attached to an aromatic ring is 1. The zero-order valence-corrected chi connectivity index (χ0v) is 11.1. The molecule has 0 saturated heterocycles.